The number of ketones is 1. The van der Waals surface area contributed by atoms with Crippen LogP contribution < -0.4 is 0 Å². The van der Waals surface area contributed by atoms with Crippen LogP contribution in [0.25, 0.3) is 0 Å². The van der Waals surface area contributed by atoms with Gasteiger partial charge in [0.2, 0.25) is 0 Å². The van der Waals surface area contributed by atoms with E-state index >= 15 is 0 Å². The lowest BCUT2D eigenvalue weighted by atomic mass is 10.0. The number of nitro groups is 1. The summed E-state index contributed by atoms with van der Waals surface area (Å²) in [5, 5.41) is 10.5. The third kappa shape index (κ3) is 3.06. The third-order valence-corrected chi connectivity index (χ3v) is 2.99. The van der Waals surface area contributed by atoms with E-state index < -0.39 is 4.92 Å². The first kappa shape index (κ1) is 13.9. The second-order valence-electron chi connectivity index (χ2n) is 4.49. The van der Waals surface area contributed by atoms with E-state index in [1.165, 1.54) is 30.3 Å². The van der Waals surface area contributed by atoms with Gasteiger partial charge in [0.15, 0.2) is 5.78 Å². The molecule has 0 aliphatic carbocycles. The maximum atomic E-state index is 13.1. The van der Waals surface area contributed by atoms with Gasteiger partial charge in [-0.15, -0.1) is 0 Å². The molecule has 0 aliphatic rings. The minimum atomic E-state index is -0.491. The molecule has 0 atom stereocenters. The zero-order valence-corrected chi connectivity index (χ0v) is 10.8. The molecule has 0 aliphatic heterocycles. The fourth-order valence-corrected chi connectivity index (χ4v) is 1.84. The van der Waals surface area contributed by atoms with E-state index in [0.717, 1.165) is 0 Å². The number of benzene rings is 2. The predicted molar refractivity (Wildman–Crippen MR) is 72.3 cm³/mol. The van der Waals surface area contributed by atoms with Crippen LogP contribution in [0.2, 0.25) is 0 Å². The zero-order valence-electron chi connectivity index (χ0n) is 10.8. The van der Waals surface area contributed by atoms with Gasteiger partial charge in [-0.25, -0.2) is 4.39 Å². The van der Waals surface area contributed by atoms with Crippen molar-refractivity contribution in [2.45, 2.75) is 13.3 Å². The van der Waals surface area contributed by atoms with E-state index in [4.69, 9.17) is 0 Å². The molecule has 0 bridgehead atoms. The van der Waals surface area contributed by atoms with Gasteiger partial charge < -0.3 is 0 Å². The van der Waals surface area contributed by atoms with Crippen molar-refractivity contribution in [1.29, 1.82) is 0 Å². The minimum Gasteiger partial charge on any atom is -0.294 e. The molecule has 102 valence electrons. The number of aryl methyl sites for hydroxylation is 1. The smallest absolute Gasteiger partial charge is 0.269 e. The topological polar surface area (TPSA) is 60.2 Å². The number of nitro benzene ring substituents is 1. The van der Waals surface area contributed by atoms with Crippen LogP contribution in [0.15, 0.2) is 42.5 Å². The number of carbonyl (C=O) groups excluding carboxylic acids is 1. The molecule has 5 heteroatoms. The van der Waals surface area contributed by atoms with E-state index in [0.29, 0.717) is 16.7 Å². The van der Waals surface area contributed by atoms with Crippen molar-refractivity contribution >= 4 is 11.5 Å². The highest BCUT2D eigenvalue weighted by Gasteiger charge is 2.10. The molecule has 2 aromatic rings. The van der Waals surface area contributed by atoms with Gasteiger partial charge in [-0.2, -0.15) is 0 Å². The van der Waals surface area contributed by atoms with Crippen molar-refractivity contribution in [3.05, 3.63) is 75.1 Å². The van der Waals surface area contributed by atoms with Crippen molar-refractivity contribution in [3.63, 3.8) is 0 Å². The number of halogens is 1. The van der Waals surface area contributed by atoms with Gasteiger partial charge in [0.1, 0.15) is 5.82 Å². The van der Waals surface area contributed by atoms with Crippen molar-refractivity contribution in [2.24, 2.45) is 0 Å². The highest BCUT2D eigenvalue weighted by molar-refractivity contribution is 5.97. The van der Waals surface area contributed by atoms with Gasteiger partial charge >= 0.3 is 0 Å². The monoisotopic (exact) mass is 273 g/mol. The van der Waals surface area contributed by atoms with E-state index in [2.05, 4.69) is 0 Å². The average molecular weight is 273 g/mol. The molecule has 4 nitrogen and oxygen atoms in total. The van der Waals surface area contributed by atoms with Gasteiger partial charge in [-0.1, -0.05) is 12.1 Å². The van der Waals surface area contributed by atoms with Crippen LogP contribution in [0.4, 0.5) is 10.1 Å². The Morgan fingerprint density at radius 2 is 1.85 bits per heavy atom. The standard InChI is InChI=1S/C15H12FNO3/c1-10-8-12(4-7-14(10)16)15(18)9-11-2-5-13(6-3-11)17(19)20/h2-8H,9H2,1H3. The second-order valence-corrected chi connectivity index (χ2v) is 4.49. The molecule has 0 amide bonds. The number of rotatable bonds is 4. The van der Waals surface area contributed by atoms with Crippen LogP contribution in [0.5, 0.6) is 0 Å². The highest BCUT2D eigenvalue weighted by atomic mass is 19.1. The lowest BCUT2D eigenvalue weighted by Gasteiger charge is -2.03. The molecule has 0 spiro atoms. The summed E-state index contributed by atoms with van der Waals surface area (Å²) >= 11 is 0. The first-order valence-corrected chi connectivity index (χ1v) is 6.00. The Labute approximate surface area is 115 Å². The Hall–Kier alpha value is -2.56. The first-order chi connectivity index (χ1) is 9.47. The minimum absolute atomic E-state index is 0.0150. The average Bonchev–Trinajstić information content (AvgIpc) is 2.42. The van der Waals surface area contributed by atoms with E-state index in [1.807, 2.05) is 0 Å². The van der Waals surface area contributed by atoms with Gasteiger partial charge in [0.25, 0.3) is 5.69 Å². The molecule has 0 radical (unpaired) electrons. The number of Topliss-reactive ketones (excluding diaryl/α,β-unsaturated/α-hetero) is 1. The summed E-state index contributed by atoms with van der Waals surface area (Å²) in [6, 6.07) is 10.0. The van der Waals surface area contributed by atoms with Gasteiger partial charge in [0, 0.05) is 24.1 Å². The zero-order chi connectivity index (χ0) is 14.7. The normalized spacial score (nSPS) is 10.3. The molecule has 20 heavy (non-hydrogen) atoms. The van der Waals surface area contributed by atoms with Crippen LogP contribution in [0.3, 0.4) is 0 Å². The van der Waals surface area contributed by atoms with Gasteiger partial charge in [0.05, 0.1) is 4.92 Å². The van der Waals surface area contributed by atoms with Crippen LogP contribution >= 0.6 is 0 Å². The predicted octanol–water partition coefficient (Wildman–Crippen LogP) is 3.47. The summed E-state index contributed by atoms with van der Waals surface area (Å²) in [6.45, 7) is 1.60. The summed E-state index contributed by atoms with van der Waals surface area (Å²) in [5.74, 6) is -0.501. The highest BCUT2D eigenvalue weighted by Crippen LogP contribution is 2.15. The van der Waals surface area contributed by atoms with Crippen LogP contribution in [0, 0.1) is 22.9 Å². The van der Waals surface area contributed by atoms with Crippen LogP contribution in [-0.2, 0) is 6.42 Å². The Balaban J connectivity index is 2.14. The van der Waals surface area contributed by atoms with E-state index in [1.54, 1.807) is 19.1 Å². The summed E-state index contributed by atoms with van der Waals surface area (Å²) in [6.07, 6.45) is 0.128. The fraction of sp³-hybridized carbons (Fsp3) is 0.133. The molecule has 2 rings (SSSR count). The largest absolute Gasteiger partial charge is 0.294 e. The van der Waals surface area contributed by atoms with Gasteiger partial charge in [-0.3, -0.25) is 14.9 Å². The van der Waals surface area contributed by atoms with Crippen molar-refractivity contribution in [1.82, 2.24) is 0 Å². The lowest BCUT2D eigenvalue weighted by molar-refractivity contribution is -0.384. The molecular weight excluding hydrogens is 261 g/mol. The quantitative estimate of drug-likeness (QED) is 0.487. The lowest BCUT2D eigenvalue weighted by Crippen LogP contribution is -2.04. The molecule has 0 aromatic heterocycles. The third-order valence-electron chi connectivity index (χ3n) is 2.99. The fourth-order valence-electron chi connectivity index (χ4n) is 1.84. The second kappa shape index (κ2) is 5.61. The molecular formula is C15H12FNO3. The van der Waals surface area contributed by atoms with Crippen molar-refractivity contribution in [2.75, 3.05) is 0 Å². The summed E-state index contributed by atoms with van der Waals surface area (Å²) in [4.78, 5) is 22.1. The number of hydrogen-bond acceptors (Lipinski definition) is 3. The SMILES string of the molecule is Cc1cc(C(=O)Cc2ccc([N+](=O)[O-])cc2)ccc1F. The van der Waals surface area contributed by atoms with Crippen LogP contribution in [-0.4, -0.2) is 10.7 Å². The number of nitrogens with zero attached hydrogens (tertiary/aromatic N) is 1. The summed E-state index contributed by atoms with van der Waals surface area (Å²) in [7, 11) is 0. The van der Waals surface area contributed by atoms with Gasteiger partial charge in [-0.05, 0) is 36.2 Å². The Morgan fingerprint density at radius 3 is 2.40 bits per heavy atom. The molecule has 0 saturated carbocycles. The maximum Gasteiger partial charge on any atom is 0.269 e. The summed E-state index contributed by atoms with van der Waals surface area (Å²) in [5.41, 5.74) is 1.52. The maximum absolute atomic E-state index is 13.1. The summed E-state index contributed by atoms with van der Waals surface area (Å²) < 4.78 is 13.1. The number of hydrogen-bond donors (Lipinski definition) is 0. The number of carbonyl (C=O) groups is 1. The Bertz CT molecular complexity index is 665. The molecule has 0 heterocycles. The van der Waals surface area contributed by atoms with E-state index in [-0.39, 0.29) is 23.7 Å². The first-order valence-electron chi connectivity index (χ1n) is 6.00. The van der Waals surface area contributed by atoms with E-state index in [9.17, 15) is 19.3 Å². The molecule has 0 saturated heterocycles. The Kier molecular flexibility index (Phi) is 3.89. The molecule has 0 unspecified atom stereocenters. The Morgan fingerprint density at radius 1 is 1.20 bits per heavy atom. The molecule has 0 N–H and O–H groups in total. The molecule has 0 fully saturated rings. The van der Waals surface area contributed by atoms with Crippen LogP contribution in [0.1, 0.15) is 21.5 Å². The molecule has 2 aromatic carbocycles. The van der Waals surface area contributed by atoms with Crippen molar-refractivity contribution in [3.8, 4) is 0 Å². The number of non-ortho nitro benzene ring substituents is 1. The van der Waals surface area contributed by atoms with Crippen molar-refractivity contribution < 1.29 is 14.1 Å².